The van der Waals surface area contributed by atoms with Crippen LogP contribution in [0.3, 0.4) is 0 Å². The average molecular weight is 963 g/mol. The van der Waals surface area contributed by atoms with Crippen LogP contribution in [0.4, 0.5) is 0 Å². The van der Waals surface area contributed by atoms with Crippen LogP contribution in [0.25, 0.3) is 0 Å². The van der Waals surface area contributed by atoms with Crippen LogP contribution in [0, 0.1) is 0 Å². The van der Waals surface area contributed by atoms with Gasteiger partial charge in [-0.15, -0.1) is 0 Å². The van der Waals surface area contributed by atoms with Crippen molar-refractivity contribution in [2.75, 3.05) is 13.2 Å². The second-order valence-electron chi connectivity index (χ2n) is 17.4. The minimum atomic E-state index is -0.857. The first-order valence-corrected chi connectivity index (χ1v) is 27.5. The van der Waals surface area contributed by atoms with Gasteiger partial charge < -0.3 is 14.2 Å². The van der Waals surface area contributed by atoms with Gasteiger partial charge in [0.05, 0.1) is 0 Å². The molecule has 0 aromatic carbocycles. The fraction of sp³-hybridized carbons (Fsp3) is 0.547. The zero-order valence-corrected chi connectivity index (χ0v) is 44.5. The van der Waals surface area contributed by atoms with Crippen molar-refractivity contribution < 1.29 is 28.6 Å². The molecular weight excluding hydrogens is 865 g/mol. The molecule has 0 amide bonds. The van der Waals surface area contributed by atoms with Crippen molar-refractivity contribution in [2.24, 2.45) is 0 Å². The number of carbonyl (C=O) groups excluding carboxylic acids is 3. The average Bonchev–Trinajstić information content (AvgIpc) is 3.36. The molecule has 0 rings (SSSR count). The maximum absolute atomic E-state index is 12.8. The van der Waals surface area contributed by atoms with Crippen molar-refractivity contribution in [3.63, 3.8) is 0 Å². The minimum absolute atomic E-state index is 0.146. The number of carbonyl (C=O) groups is 3. The first-order valence-electron chi connectivity index (χ1n) is 27.5. The Kier molecular flexibility index (Phi) is 52.6. The SMILES string of the molecule is CC/C=C\C/C=C\C/C=C\C/C=C\C/C=C\CCCCCC(=O)OCC(COC(=O)CC/C=C\C/C=C\C/C=C\C/C=C\C/C=C\CC)OC(=O)CCC/C=C\C/C=C\C/C=C\CCCCCCCC. The van der Waals surface area contributed by atoms with Crippen LogP contribution in [-0.2, 0) is 28.6 Å². The molecule has 0 aromatic heterocycles. The molecule has 0 saturated carbocycles. The zero-order chi connectivity index (χ0) is 50.7. The Morgan fingerprint density at radius 2 is 0.600 bits per heavy atom. The van der Waals surface area contributed by atoms with E-state index < -0.39 is 12.1 Å². The summed E-state index contributed by atoms with van der Waals surface area (Å²) in [5.74, 6) is -1.12. The van der Waals surface area contributed by atoms with Crippen LogP contribution in [-0.4, -0.2) is 37.2 Å². The largest absolute Gasteiger partial charge is 0.462 e. The van der Waals surface area contributed by atoms with Crippen LogP contribution in [0.5, 0.6) is 0 Å². The van der Waals surface area contributed by atoms with Crippen LogP contribution in [0.15, 0.2) is 158 Å². The number of hydrogen-bond acceptors (Lipinski definition) is 6. The highest BCUT2D eigenvalue weighted by atomic mass is 16.6. The lowest BCUT2D eigenvalue weighted by Crippen LogP contribution is -2.30. The molecule has 0 radical (unpaired) electrons. The molecule has 1 unspecified atom stereocenters. The summed E-state index contributed by atoms with van der Waals surface area (Å²) < 4.78 is 16.7. The van der Waals surface area contributed by atoms with E-state index in [1.165, 1.54) is 44.9 Å². The van der Waals surface area contributed by atoms with E-state index in [0.29, 0.717) is 12.8 Å². The monoisotopic (exact) mass is 963 g/mol. The van der Waals surface area contributed by atoms with Crippen molar-refractivity contribution in [2.45, 2.75) is 213 Å². The fourth-order valence-electron chi connectivity index (χ4n) is 6.71. The summed E-state index contributed by atoms with van der Waals surface area (Å²) in [6, 6.07) is 0. The van der Waals surface area contributed by atoms with Gasteiger partial charge >= 0.3 is 17.9 Å². The van der Waals surface area contributed by atoms with Crippen molar-refractivity contribution in [1.29, 1.82) is 0 Å². The third-order valence-corrected chi connectivity index (χ3v) is 10.8. The maximum atomic E-state index is 12.8. The lowest BCUT2D eigenvalue weighted by atomic mass is 10.1. The van der Waals surface area contributed by atoms with Gasteiger partial charge in [0, 0.05) is 19.3 Å². The van der Waals surface area contributed by atoms with Gasteiger partial charge in [-0.25, -0.2) is 0 Å². The molecule has 0 bridgehead atoms. The van der Waals surface area contributed by atoms with Gasteiger partial charge in [0.1, 0.15) is 13.2 Å². The summed E-state index contributed by atoms with van der Waals surface area (Å²) in [5.41, 5.74) is 0. The lowest BCUT2D eigenvalue weighted by molar-refractivity contribution is -0.166. The molecule has 0 heterocycles. The maximum Gasteiger partial charge on any atom is 0.306 e. The predicted molar refractivity (Wildman–Crippen MR) is 302 cm³/mol. The van der Waals surface area contributed by atoms with Crippen LogP contribution >= 0.6 is 0 Å². The molecule has 0 aliphatic carbocycles. The molecule has 0 aliphatic heterocycles. The zero-order valence-electron chi connectivity index (χ0n) is 44.5. The van der Waals surface area contributed by atoms with Gasteiger partial charge in [-0.05, 0) is 128 Å². The van der Waals surface area contributed by atoms with E-state index in [2.05, 4.69) is 167 Å². The summed E-state index contributed by atoms with van der Waals surface area (Å²) in [5, 5.41) is 0. The van der Waals surface area contributed by atoms with Crippen molar-refractivity contribution >= 4 is 17.9 Å². The highest BCUT2D eigenvalue weighted by molar-refractivity contribution is 5.71. The molecular formula is C64H98O6. The Morgan fingerprint density at radius 1 is 0.300 bits per heavy atom. The summed E-state index contributed by atoms with van der Waals surface area (Å²) in [7, 11) is 0. The Hall–Kier alpha value is -4.97. The van der Waals surface area contributed by atoms with Gasteiger partial charge in [-0.2, -0.15) is 0 Å². The molecule has 0 spiro atoms. The van der Waals surface area contributed by atoms with Gasteiger partial charge in [-0.3, -0.25) is 14.4 Å². The molecule has 70 heavy (non-hydrogen) atoms. The summed E-state index contributed by atoms with van der Waals surface area (Å²) in [6.45, 7) is 6.24. The van der Waals surface area contributed by atoms with E-state index in [1.54, 1.807) is 0 Å². The molecule has 0 aliphatic rings. The second kappa shape index (κ2) is 56.6. The van der Waals surface area contributed by atoms with Crippen molar-refractivity contribution in [3.8, 4) is 0 Å². The van der Waals surface area contributed by atoms with E-state index in [4.69, 9.17) is 14.2 Å². The smallest absolute Gasteiger partial charge is 0.306 e. The summed E-state index contributed by atoms with van der Waals surface area (Å²) in [4.78, 5) is 38.1. The van der Waals surface area contributed by atoms with Gasteiger partial charge in [0.25, 0.3) is 0 Å². The topological polar surface area (TPSA) is 78.9 Å². The molecule has 0 saturated heterocycles. The Labute approximate surface area is 429 Å². The van der Waals surface area contributed by atoms with Crippen LogP contribution in [0.2, 0.25) is 0 Å². The minimum Gasteiger partial charge on any atom is -0.462 e. The highest BCUT2D eigenvalue weighted by Gasteiger charge is 2.19. The highest BCUT2D eigenvalue weighted by Crippen LogP contribution is 2.10. The fourth-order valence-corrected chi connectivity index (χ4v) is 6.71. The van der Waals surface area contributed by atoms with Crippen LogP contribution in [0.1, 0.15) is 207 Å². The molecule has 390 valence electrons. The van der Waals surface area contributed by atoms with E-state index in [9.17, 15) is 14.4 Å². The van der Waals surface area contributed by atoms with Gasteiger partial charge in [0.2, 0.25) is 0 Å². The Bertz CT molecular complexity index is 1620. The molecule has 0 fully saturated rings. The van der Waals surface area contributed by atoms with Crippen molar-refractivity contribution in [1.82, 2.24) is 0 Å². The number of unbranched alkanes of at least 4 members (excludes halogenated alkanes) is 10. The van der Waals surface area contributed by atoms with Crippen molar-refractivity contribution in [3.05, 3.63) is 158 Å². The number of ether oxygens (including phenoxy) is 3. The summed E-state index contributed by atoms with van der Waals surface area (Å²) >= 11 is 0. The molecule has 6 heteroatoms. The summed E-state index contributed by atoms with van der Waals surface area (Å²) in [6.07, 6.45) is 82.5. The second-order valence-corrected chi connectivity index (χ2v) is 17.4. The Balaban J connectivity index is 4.66. The molecule has 1 atom stereocenters. The van der Waals surface area contributed by atoms with E-state index in [-0.39, 0.29) is 44.4 Å². The molecule has 0 aromatic rings. The number of rotatable bonds is 47. The van der Waals surface area contributed by atoms with Gasteiger partial charge in [0.15, 0.2) is 6.10 Å². The van der Waals surface area contributed by atoms with E-state index in [0.717, 1.165) is 109 Å². The predicted octanol–water partition coefficient (Wildman–Crippen LogP) is 18.6. The third-order valence-electron chi connectivity index (χ3n) is 10.8. The number of esters is 3. The first-order chi connectivity index (χ1) is 34.5. The number of hydrogen-bond donors (Lipinski definition) is 0. The lowest BCUT2D eigenvalue weighted by Gasteiger charge is -2.18. The van der Waals surface area contributed by atoms with E-state index >= 15 is 0 Å². The Morgan fingerprint density at radius 3 is 1.00 bits per heavy atom. The van der Waals surface area contributed by atoms with Crippen LogP contribution < -0.4 is 0 Å². The molecule has 6 nitrogen and oxygen atoms in total. The number of allylic oxidation sites excluding steroid dienone is 26. The quantitative estimate of drug-likeness (QED) is 0.0262. The molecule has 0 N–H and O–H groups in total. The van der Waals surface area contributed by atoms with E-state index in [1.807, 2.05) is 12.2 Å². The third kappa shape index (κ3) is 54.0. The first kappa shape index (κ1) is 65.0. The standard InChI is InChI=1S/C64H98O6/c1-4-7-10-13-16-19-22-25-28-31-32-34-36-39-42-45-48-51-54-57-63(66)69-60-61(59-68-62(65)56-53-50-47-44-41-38-35-30-27-24-21-18-15-12-9-6-3)70-64(67)58-55-52-49-46-43-40-37-33-29-26-23-20-17-14-11-8-5-2/h7,9-10,12,16,18-19,21,25-30,32,34,37-42,46-47,49-50,61H,4-6,8,11,13-15,17,20,22-24,31,33,35-36,43-45,48,51-60H2,1-3H3/b10-7-,12-9-,19-16-,21-18-,28-25-,29-26-,30-27-,34-32-,40-37-,41-38-,42-39-,49-46-,50-47-. The van der Waals surface area contributed by atoms with Gasteiger partial charge in [-0.1, -0.05) is 217 Å². The normalized spacial score (nSPS) is 13.4.